The van der Waals surface area contributed by atoms with Gasteiger partial charge in [-0.2, -0.15) is 0 Å². The van der Waals surface area contributed by atoms with E-state index in [0.29, 0.717) is 0 Å². The van der Waals surface area contributed by atoms with Gasteiger partial charge in [-0.05, 0) is 36.1 Å². The number of thioether (sulfide) groups is 1. The number of benzene rings is 2. The number of nitrogens with zero attached hydrogens (tertiary/aromatic N) is 2. The van der Waals surface area contributed by atoms with Crippen LogP contribution in [0.4, 0.5) is 4.39 Å². The molecule has 4 aromatic rings. The van der Waals surface area contributed by atoms with E-state index in [1.807, 2.05) is 35.7 Å². The summed E-state index contributed by atoms with van der Waals surface area (Å²) in [5, 5.41) is 6.38. The smallest absolute Gasteiger partial charge is 0.238 e. The second kappa shape index (κ2) is 8.16. The molecule has 1 N–H and O–H groups in total. The van der Waals surface area contributed by atoms with Crippen molar-refractivity contribution < 1.29 is 9.18 Å². The van der Waals surface area contributed by atoms with Gasteiger partial charge in [0.25, 0.3) is 0 Å². The first-order valence-electron chi connectivity index (χ1n) is 9.69. The lowest BCUT2D eigenvalue weighted by Crippen LogP contribution is -2.29. The first-order valence-corrected chi connectivity index (χ1v) is 11.4. The maximum absolute atomic E-state index is 13.4. The SMILES string of the molecule is O=C(NC1CC1)C(Sc1ncnc2scc(-c3ccc(F)cc3)c12)c1ccccc1. The number of aromatic nitrogens is 2. The van der Waals surface area contributed by atoms with Crippen LogP contribution in [-0.2, 0) is 4.79 Å². The molecule has 0 aliphatic heterocycles. The molecular weight excluding hydrogens is 417 g/mol. The van der Waals surface area contributed by atoms with Crippen LogP contribution in [0.15, 0.2) is 71.3 Å². The lowest BCUT2D eigenvalue weighted by Gasteiger charge is -2.17. The molecule has 2 aromatic carbocycles. The zero-order valence-electron chi connectivity index (χ0n) is 15.9. The average molecular weight is 436 g/mol. The van der Waals surface area contributed by atoms with Gasteiger partial charge in [0.1, 0.15) is 27.3 Å². The summed E-state index contributed by atoms with van der Waals surface area (Å²) in [4.78, 5) is 22.8. The van der Waals surface area contributed by atoms with Gasteiger partial charge in [0, 0.05) is 17.0 Å². The van der Waals surface area contributed by atoms with Crippen LogP contribution in [0.5, 0.6) is 0 Å². The number of halogens is 1. The van der Waals surface area contributed by atoms with Gasteiger partial charge in [0.05, 0.1) is 5.39 Å². The third-order valence-corrected chi connectivity index (χ3v) is 7.13. The van der Waals surface area contributed by atoms with E-state index in [-0.39, 0.29) is 17.8 Å². The summed E-state index contributed by atoms with van der Waals surface area (Å²) >= 11 is 2.96. The summed E-state index contributed by atoms with van der Waals surface area (Å²) in [7, 11) is 0. The summed E-state index contributed by atoms with van der Waals surface area (Å²) in [6.07, 6.45) is 3.61. The summed E-state index contributed by atoms with van der Waals surface area (Å²) in [6.45, 7) is 0. The molecule has 1 aliphatic carbocycles. The van der Waals surface area contributed by atoms with Crippen LogP contribution in [-0.4, -0.2) is 21.9 Å². The molecule has 1 unspecified atom stereocenters. The van der Waals surface area contributed by atoms with Gasteiger partial charge < -0.3 is 5.32 Å². The molecular formula is C23H18FN3OS2. The highest BCUT2D eigenvalue weighted by molar-refractivity contribution is 8.00. The fraction of sp³-hybridized carbons (Fsp3) is 0.174. The topological polar surface area (TPSA) is 54.9 Å². The van der Waals surface area contributed by atoms with Crippen LogP contribution >= 0.6 is 23.1 Å². The maximum atomic E-state index is 13.4. The van der Waals surface area contributed by atoms with Crippen LogP contribution in [0.3, 0.4) is 0 Å². The van der Waals surface area contributed by atoms with E-state index in [1.54, 1.807) is 12.1 Å². The van der Waals surface area contributed by atoms with Gasteiger partial charge >= 0.3 is 0 Å². The molecule has 2 aromatic heterocycles. The van der Waals surface area contributed by atoms with Crippen molar-refractivity contribution in [3.05, 3.63) is 77.7 Å². The Bertz CT molecular complexity index is 1190. The van der Waals surface area contributed by atoms with Gasteiger partial charge in [-0.1, -0.05) is 54.2 Å². The van der Waals surface area contributed by atoms with Gasteiger partial charge in [-0.25, -0.2) is 14.4 Å². The lowest BCUT2D eigenvalue weighted by atomic mass is 10.1. The Morgan fingerprint density at radius 1 is 1.10 bits per heavy atom. The van der Waals surface area contributed by atoms with Gasteiger partial charge in [-0.15, -0.1) is 11.3 Å². The van der Waals surface area contributed by atoms with Crippen LogP contribution in [0, 0.1) is 5.82 Å². The van der Waals surface area contributed by atoms with E-state index in [0.717, 1.165) is 44.8 Å². The molecule has 1 amide bonds. The number of nitrogens with one attached hydrogen (secondary N) is 1. The molecule has 1 saturated carbocycles. The predicted octanol–water partition coefficient (Wildman–Crippen LogP) is 5.61. The molecule has 0 spiro atoms. The molecule has 0 radical (unpaired) electrons. The second-order valence-corrected chi connectivity index (χ2v) is 9.16. The Morgan fingerprint density at radius 2 is 1.87 bits per heavy atom. The van der Waals surface area contributed by atoms with Crippen LogP contribution in [0.25, 0.3) is 21.3 Å². The van der Waals surface area contributed by atoms with Crippen LogP contribution < -0.4 is 5.32 Å². The average Bonchev–Trinajstić information content (AvgIpc) is 3.48. The number of hydrogen-bond acceptors (Lipinski definition) is 5. The molecule has 1 atom stereocenters. The van der Waals surface area contributed by atoms with Gasteiger partial charge in [0.2, 0.25) is 5.91 Å². The standard InChI is InChI=1S/C23H18FN3OS2/c24-16-8-6-14(7-9-16)18-12-29-22-19(18)23(26-13-25-22)30-20(15-4-2-1-3-5-15)21(28)27-17-10-11-17/h1-9,12-13,17,20H,10-11H2,(H,27,28). The molecule has 0 saturated heterocycles. The Balaban J connectivity index is 1.56. The van der Waals surface area contributed by atoms with Crippen molar-refractivity contribution in [1.82, 2.24) is 15.3 Å². The number of carbonyl (C=O) groups is 1. The minimum atomic E-state index is -0.411. The third kappa shape index (κ3) is 3.95. The first-order chi connectivity index (χ1) is 14.7. The largest absolute Gasteiger partial charge is 0.352 e. The molecule has 1 aliphatic rings. The highest BCUT2D eigenvalue weighted by Gasteiger charge is 2.30. The summed E-state index contributed by atoms with van der Waals surface area (Å²) < 4.78 is 13.4. The lowest BCUT2D eigenvalue weighted by molar-refractivity contribution is -0.120. The van der Waals surface area contributed by atoms with Crippen molar-refractivity contribution in [2.75, 3.05) is 0 Å². The van der Waals surface area contributed by atoms with E-state index in [4.69, 9.17) is 0 Å². The fourth-order valence-electron chi connectivity index (χ4n) is 3.30. The Hall–Kier alpha value is -2.77. The molecule has 4 nitrogen and oxygen atoms in total. The minimum Gasteiger partial charge on any atom is -0.352 e. The Labute approximate surface area is 181 Å². The van der Waals surface area contributed by atoms with Crippen molar-refractivity contribution in [3.63, 3.8) is 0 Å². The van der Waals surface area contributed by atoms with E-state index in [1.165, 1.54) is 41.6 Å². The molecule has 30 heavy (non-hydrogen) atoms. The first kappa shape index (κ1) is 19.2. The minimum absolute atomic E-state index is 0.000904. The van der Waals surface area contributed by atoms with E-state index < -0.39 is 5.25 Å². The highest BCUT2D eigenvalue weighted by Crippen LogP contribution is 2.43. The number of amides is 1. The van der Waals surface area contributed by atoms with E-state index in [9.17, 15) is 9.18 Å². The molecule has 2 heterocycles. The maximum Gasteiger partial charge on any atom is 0.238 e. The molecule has 7 heteroatoms. The summed E-state index contributed by atoms with van der Waals surface area (Å²) in [5.74, 6) is -0.274. The van der Waals surface area contributed by atoms with E-state index in [2.05, 4.69) is 15.3 Å². The quantitative estimate of drug-likeness (QED) is 0.316. The van der Waals surface area contributed by atoms with Crippen molar-refractivity contribution in [1.29, 1.82) is 0 Å². The number of fused-ring (bicyclic) bond motifs is 1. The van der Waals surface area contributed by atoms with Crippen molar-refractivity contribution >= 4 is 39.2 Å². The molecule has 0 bridgehead atoms. The zero-order valence-corrected chi connectivity index (χ0v) is 17.5. The number of hydrogen-bond donors (Lipinski definition) is 1. The fourth-order valence-corrected chi connectivity index (χ4v) is 5.40. The summed E-state index contributed by atoms with van der Waals surface area (Å²) in [5.41, 5.74) is 2.79. The highest BCUT2D eigenvalue weighted by atomic mass is 32.2. The summed E-state index contributed by atoms with van der Waals surface area (Å²) in [6, 6.07) is 16.5. The zero-order chi connectivity index (χ0) is 20.5. The second-order valence-electron chi connectivity index (χ2n) is 7.21. The predicted molar refractivity (Wildman–Crippen MR) is 119 cm³/mol. The molecule has 1 fully saturated rings. The monoisotopic (exact) mass is 435 g/mol. The van der Waals surface area contributed by atoms with E-state index >= 15 is 0 Å². The van der Waals surface area contributed by atoms with Gasteiger partial charge in [0.15, 0.2) is 0 Å². The normalized spacial score (nSPS) is 14.6. The van der Waals surface area contributed by atoms with Crippen molar-refractivity contribution in [3.8, 4) is 11.1 Å². The van der Waals surface area contributed by atoms with Crippen molar-refractivity contribution in [2.24, 2.45) is 0 Å². The number of carbonyl (C=O) groups excluding carboxylic acids is 1. The Morgan fingerprint density at radius 3 is 2.60 bits per heavy atom. The van der Waals surface area contributed by atoms with Gasteiger partial charge in [-0.3, -0.25) is 4.79 Å². The van der Waals surface area contributed by atoms with Crippen molar-refractivity contribution in [2.45, 2.75) is 29.2 Å². The molecule has 5 rings (SSSR count). The van der Waals surface area contributed by atoms with Crippen LogP contribution in [0.2, 0.25) is 0 Å². The third-order valence-electron chi connectivity index (χ3n) is 4.98. The number of rotatable bonds is 6. The Kier molecular flexibility index (Phi) is 5.23. The molecule has 150 valence electrons. The van der Waals surface area contributed by atoms with Crippen LogP contribution in [0.1, 0.15) is 23.7 Å². The number of thiophene rings is 1.